The Morgan fingerprint density at radius 2 is 1.62 bits per heavy atom. The predicted molar refractivity (Wildman–Crippen MR) is 209 cm³/mol. The Balaban J connectivity index is 1.10. The third-order valence-electron chi connectivity index (χ3n) is 12.0. The van der Waals surface area contributed by atoms with Crippen LogP contribution < -0.4 is 0 Å². The van der Waals surface area contributed by atoms with Crippen molar-refractivity contribution in [1.82, 2.24) is 9.55 Å². The molecule has 4 aromatic rings. The molecule has 50 heavy (non-hydrogen) atoms. The number of allylic oxidation sites excluding steroid dienone is 18. The number of nitrogens with zero attached hydrogens (tertiary/aromatic N) is 2. The van der Waals surface area contributed by atoms with Crippen LogP contribution in [0.25, 0.3) is 27.4 Å². The summed E-state index contributed by atoms with van der Waals surface area (Å²) in [6.45, 7) is 0. The number of pyridine rings is 1. The van der Waals surface area contributed by atoms with Gasteiger partial charge in [0.15, 0.2) is 0 Å². The monoisotopic (exact) mass is 648 g/mol. The Labute approximate surface area is 296 Å². The highest BCUT2D eigenvalue weighted by atomic mass is 15.0. The van der Waals surface area contributed by atoms with Gasteiger partial charge in [-0.2, -0.15) is 0 Å². The summed E-state index contributed by atoms with van der Waals surface area (Å²) in [4.78, 5) is 5.60. The molecule has 2 heterocycles. The maximum Gasteiger partial charge on any atom is 0.0560 e. The standard InChI is InChI=1S/C48H44N2/c1-4-14-32(15-5-1)36-29-44(33-16-6-2-7-17-33)49-45(30-36)48-42-22-11-10-20-38(42)39-26-24-34(28-43(39)48)35-25-27-41-40-21-12-13-23-46(40)50(47(41)31-35)37-18-8-3-9-19-37/h3-4,6,8-10,12-16,18,20-21,23,25-31,33-34,37,48H,1-2,5,7,11,17,19,22,24H2. The zero-order valence-corrected chi connectivity index (χ0v) is 28.8. The van der Waals surface area contributed by atoms with E-state index in [2.05, 4.69) is 138 Å². The van der Waals surface area contributed by atoms with E-state index < -0.39 is 0 Å². The SMILES string of the molecule is C1=CCC(n2c3ccccc3c3ccc(C4C=C5C(=CC4)C4=C(CCC=C4)C5c4cc(C5=CCCC=C5)cc(C5C=CCCC5)n4)cc32)C=C1. The van der Waals surface area contributed by atoms with Gasteiger partial charge in [0.25, 0.3) is 0 Å². The van der Waals surface area contributed by atoms with Gasteiger partial charge in [0.05, 0.1) is 11.7 Å². The molecule has 2 aromatic carbocycles. The van der Waals surface area contributed by atoms with Crippen LogP contribution in [0.2, 0.25) is 0 Å². The number of aromatic nitrogens is 2. The van der Waals surface area contributed by atoms with Gasteiger partial charge < -0.3 is 4.57 Å². The molecule has 6 aliphatic rings. The van der Waals surface area contributed by atoms with Crippen LogP contribution in [0.5, 0.6) is 0 Å². The highest BCUT2D eigenvalue weighted by Gasteiger charge is 2.38. The van der Waals surface area contributed by atoms with Gasteiger partial charge in [-0.3, -0.25) is 4.98 Å². The minimum Gasteiger partial charge on any atom is -0.333 e. The molecule has 4 unspecified atom stereocenters. The molecule has 0 saturated carbocycles. The van der Waals surface area contributed by atoms with E-state index in [0.717, 1.165) is 38.5 Å². The van der Waals surface area contributed by atoms with Crippen LogP contribution in [0.4, 0.5) is 0 Å². The largest absolute Gasteiger partial charge is 0.333 e. The van der Waals surface area contributed by atoms with Crippen molar-refractivity contribution in [2.24, 2.45) is 0 Å². The van der Waals surface area contributed by atoms with Gasteiger partial charge >= 0.3 is 0 Å². The molecule has 0 amide bonds. The molecule has 2 nitrogen and oxygen atoms in total. The van der Waals surface area contributed by atoms with Gasteiger partial charge in [0.2, 0.25) is 0 Å². The number of benzene rings is 2. The molecule has 0 N–H and O–H groups in total. The van der Waals surface area contributed by atoms with E-state index in [4.69, 9.17) is 4.98 Å². The van der Waals surface area contributed by atoms with Crippen LogP contribution in [0.1, 0.15) is 104 Å². The molecule has 2 heteroatoms. The molecule has 0 fully saturated rings. The van der Waals surface area contributed by atoms with Crippen molar-refractivity contribution in [2.45, 2.75) is 81.6 Å². The molecule has 10 rings (SSSR count). The molecule has 0 aliphatic heterocycles. The van der Waals surface area contributed by atoms with Crippen LogP contribution in [0.3, 0.4) is 0 Å². The fraction of sp³-hybridized carbons (Fsp3) is 0.271. The number of hydrogen-bond donors (Lipinski definition) is 0. The van der Waals surface area contributed by atoms with Crippen molar-refractivity contribution < 1.29 is 0 Å². The van der Waals surface area contributed by atoms with Crippen molar-refractivity contribution in [3.8, 4) is 0 Å². The van der Waals surface area contributed by atoms with E-state index in [1.165, 1.54) is 85.9 Å². The van der Waals surface area contributed by atoms with Crippen LogP contribution in [0, 0.1) is 0 Å². The lowest BCUT2D eigenvalue weighted by Gasteiger charge is -2.25. The molecule has 0 radical (unpaired) electrons. The number of para-hydroxylation sites is 1. The summed E-state index contributed by atoms with van der Waals surface area (Å²) in [7, 11) is 0. The van der Waals surface area contributed by atoms with Crippen molar-refractivity contribution >= 4 is 27.4 Å². The fourth-order valence-corrected chi connectivity index (χ4v) is 9.59. The molecule has 0 bridgehead atoms. The Morgan fingerprint density at radius 1 is 0.700 bits per heavy atom. The summed E-state index contributed by atoms with van der Waals surface area (Å²) in [5.41, 5.74) is 15.2. The summed E-state index contributed by atoms with van der Waals surface area (Å²) in [5, 5.41) is 2.70. The van der Waals surface area contributed by atoms with Crippen molar-refractivity contribution in [3.63, 3.8) is 0 Å². The van der Waals surface area contributed by atoms with Gasteiger partial charge in [-0.1, -0.05) is 109 Å². The quantitative estimate of drug-likeness (QED) is 0.197. The summed E-state index contributed by atoms with van der Waals surface area (Å²) >= 11 is 0. The Bertz CT molecular complexity index is 2320. The Morgan fingerprint density at radius 3 is 2.50 bits per heavy atom. The highest BCUT2D eigenvalue weighted by Crippen LogP contribution is 2.54. The number of hydrogen-bond acceptors (Lipinski definition) is 1. The van der Waals surface area contributed by atoms with Crippen LogP contribution in [-0.2, 0) is 0 Å². The lowest BCUT2D eigenvalue weighted by molar-refractivity contribution is 0.636. The van der Waals surface area contributed by atoms with E-state index in [9.17, 15) is 0 Å². The number of rotatable bonds is 5. The highest BCUT2D eigenvalue weighted by molar-refractivity contribution is 6.08. The molecular formula is C48H44N2. The Kier molecular flexibility index (Phi) is 7.44. The molecule has 0 saturated heterocycles. The fourth-order valence-electron chi connectivity index (χ4n) is 9.59. The predicted octanol–water partition coefficient (Wildman–Crippen LogP) is 12.6. The Hall–Kier alpha value is -4.95. The third kappa shape index (κ3) is 5.03. The average molecular weight is 649 g/mol. The first-order valence-corrected chi connectivity index (χ1v) is 19.0. The first-order chi connectivity index (χ1) is 24.8. The van der Waals surface area contributed by atoms with E-state index in [1.54, 1.807) is 5.57 Å². The summed E-state index contributed by atoms with van der Waals surface area (Å²) in [5.74, 6) is 0.928. The maximum absolute atomic E-state index is 5.60. The van der Waals surface area contributed by atoms with Gasteiger partial charge in [-0.15, -0.1) is 0 Å². The average Bonchev–Trinajstić information content (AvgIpc) is 3.71. The van der Waals surface area contributed by atoms with Crippen molar-refractivity contribution in [2.75, 3.05) is 0 Å². The first kappa shape index (κ1) is 29.9. The second-order valence-electron chi connectivity index (χ2n) is 15.0. The smallest absolute Gasteiger partial charge is 0.0560 e. The lowest BCUT2D eigenvalue weighted by Crippen LogP contribution is -2.12. The molecule has 2 aromatic heterocycles. The van der Waals surface area contributed by atoms with Gasteiger partial charge in [0.1, 0.15) is 0 Å². The lowest BCUT2D eigenvalue weighted by atomic mass is 9.80. The zero-order chi connectivity index (χ0) is 33.0. The molecule has 0 spiro atoms. The topological polar surface area (TPSA) is 17.8 Å². The second kappa shape index (κ2) is 12.4. The van der Waals surface area contributed by atoms with Gasteiger partial charge in [-0.05, 0) is 121 Å². The third-order valence-corrected chi connectivity index (χ3v) is 12.0. The minimum atomic E-state index is 0.206. The normalized spacial score (nSPS) is 25.6. The van der Waals surface area contributed by atoms with Crippen LogP contribution >= 0.6 is 0 Å². The van der Waals surface area contributed by atoms with E-state index in [0.29, 0.717) is 17.9 Å². The maximum atomic E-state index is 5.60. The molecular weight excluding hydrogens is 605 g/mol. The van der Waals surface area contributed by atoms with Crippen molar-refractivity contribution in [3.05, 3.63) is 178 Å². The van der Waals surface area contributed by atoms with E-state index >= 15 is 0 Å². The molecule has 246 valence electrons. The molecule has 4 atom stereocenters. The number of fused-ring (bicyclic) bond motifs is 5. The molecule has 6 aliphatic carbocycles. The summed E-state index contributed by atoms with van der Waals surface area (Å²) in [6.07, 6.45) is 41.1. The summed E-state index contributed by atoms with van der Waals surface area (Å²) in [6, 6.07) is 21.4. The summed E-state index contributed by atoms with van der Waals surface area (Å²) < 4.78 is 2.58. The second-order valence-corrected chi connectivity index (χ2v) is 15.0. The van der Waals surface area contributed by atoms with Gasteiger partial charge in [0, 0.05) is 45.3 Å². The van der Waals surface area contributed by atoms with Crippen LogP contribution in [0.15, 0.2) is 156 Å². The first-order valence-electron chi connectivity index (χ1n) is 19.0. The van der Waals surface area contributed by atoms with E-state index in [1.807, 2.05) is 0 Å². The van der Waals surface area contributed by atoms with Gasteiger partial charge in [-0.25, -0.2) is 0 Å². The van der Waals surface area contributed by atoms with Crippen LogP contribution in [-0.4, -0.2) is 9.55 Å². The zero-order valence-electron chi connectivity index (χ0n) is 28.8. The minimum absolute atomic E-state index is 0.206. The van der Waals surface area contributed by atoms with E-state index in [-0.39, 0.29) is 5.92 Å². The van der Waals surface area contributed by atoms with Crippen molar-refractivity contribution in [1.29, 1.82) is 0 Å².